The van der Waals surface area contributed by atoms with Gasteiger partial charge < -0.3 is 13.7 Å². The lowest BCUT2D eigenvalue weighted by molar-refractivity contribution is 0.837. The van der Waals surface area contributed by atoms with Gasteiger partial charge in [-0.1, -0.05) is 152 Å². The highest BCUT2D eigenvalue weighted by Crippen LogP contribution is 2.43. The van der Waals surface area contributed by atoms with Crippen molar-refractivity contribution in [3.63, 3.8) is 0 Å². The molecule has 0 spiro atoms. The zero-order valence-electron chi connectivity index (χ0n) is 34.8. The molecule has 0 bridgehead atoms. The van der Waals surface area contributed by atoms with E-state index in [1.807, 2.05) is 0 Å². The third kappa shape index (κ3) is 5.73. The Morgan fingerprint density at radius 3 is 1.60 bits per heavy atom. The fraction of sp³-hybridized carbons (Fsp3) is 0.0667. The molecular weight excluding hydrogens is 763 g/mol. The first-order valence-electron chi connectivity index (χ1n) is 22.2. The quantitative estimate of drug-likeness (QED) is 0.159. The standard InChI is InChI=1S/C60H43N3/c1-3-15-40(16-4-1)42-19-13-21-46(35-42)61-55-26-10-7-23-49(55)52-37-44(29-32-58(52)61)45-30-33-59-53(38-45)50-24-8-11-27-56(50)63(59)48-31-34-60-54(39-48)51-25-9-12-28-57(51)62(60)47-22-14-20-43(36-47)41-17-5-2-6-18-41/h1-30,32-33,36-39,42H,31,34-35H2. The minimum absolute atomic E-state index is 0.352. The Bertz CT molecular complexity index is 3700. The first-order chi connectivity index (χ1) is 31.2. The van der Waals surface area contributed by atoms with Crippen molar-refractivity contribution in [3.05, 3.63) is 229 Å². The SMILES string of the molecule is C1=CC(c2ccccc2)CC(n2c3ccccc3c3cc(-c4ccc5c(c4)c4ccccc4n5C4=Cc5c(n(-c6cccc(-c7ccccc7)c6)c6ccccc56)CC4)ccc32)=C1. The van der Waals surface area contributed by atoms with E-state index in [1.54, 1.807) is 0 Å². The topological polar surface area (TPSA) is 14.8 Å². The minimum Gasteiger partial charge on any atom is -0.313 e. The molecule has 3 heteroatoms. The predicted octanol–water partition coefficient (Wildman–Crippen LogP) is 15.7. The molecule has 3 heterocycles. The lowest BCUT2D eigenvalue weighted by Crippen LogP contribution is -2.08. The Morgan fingerprint density at radius 1 is 0.381 bits per heavy atom. The van der Waals surface area contributed by atoms with E-state index in [4.69, 9.17) is 0 Å². The van der Waals surface area contributed by atoms with Gasteiger partial charge >= 0.3 is 0 Å². The molecule has 13 rings (SSSR count). The van der Waals surface area contributed by atoms with E-state index in [0.717, 1.165) is 19.3 Å². The van der Waals surface area contributed by atoms with Crippen LogP contribution in [0.2, 0.25) is 0 Å². The third-order valence-corrected chi connectivity index (χ3v) is 13.7. The third-order valence-electron chi connectivity index (χ3n) is 13.7. The molecule has 11 aromatic rings. The van der Waals surface area contributed by atoms with Crippen LogP contribution in [0.1, 0.15) is 35.6 Å². The van der Waals surface area contributed by atoms with Crippen molar-refractivity contribution < 1.29 is 0 Å². The molecular formula is C60H43N3. The van der Waals surface area contributed by atoms with Gasteiger partial charge in [0, 0.05) is 61.2 Å². The predicted molar refractivity (Wildman–Crippen MR) is 266 cm³/mol. The van der Waals surface area contributed by atoms with Crippen molar-refractivity contribution in [2.45, 2.75) is 25.2 Å². The van der Waals surface area contributed by atoms with E-state index in [9.17, 15) is 0 Å². The van der Waals surface area contributed by atoms with E-state index in [-0.39, 0.29) is 0 Å². The lowest BCUT2D eigenvalue weighted by atomic mass is 9.91. The number of nitrogens with zero attached hydrogens (tertiary/aromatic N) is 3. The summed E-state index contributed by atoms with van der Waals surface area (Å²) in [6.45, 7) is 0. The molecule has 2 aliphatic carbocycles. The van der Waals surface area contributed by atoms with E-state index in [0.29, 0.717) is 5.92 Å². The summed E-state index contributed by atoms with van der Waals surface area (Å²) < 4.78 is 7.53. The fourth-order valence-electron chi connectivity index (χ4n) is 10.8. The largest absolute Gasteiger partial charge is 0.313 e. The van der Waals surface area contributed by atoms with E-state index >= 15 is 0 Å². The number of rotatable bonds is 6. The van der Waals surface area contributed by atoms with Crippen LogP contribution in [0.3, 0.4) is 0 Å². The van der Waals surface area contributed by atoms with Gasteiger partial charge in [0.25, 0.3) is 0 Å². The number of hydrogen-bond donors (Lipinski definition) is 0. The molecule has 63 heavy (non-hydrogen) atoms. The monoisotopic (exact) mass is 805 g/mol. The van der Waals surface area contributed by atoms with E-state index < -0.39 is 0 Å². The summed E-state index contributed by atoms with van der Waals surface area (Å²) in [6.07, 6.45) is 12.2. The zero-order valence-corrected chi connectivity index (χ0v) is 34.8. The van der Waals surface area contributed by atoms with Gasteiger partial charge in [0.15, 0.2) is 0 Å². The Morgan fingerprint density at radius 2 is 0.921 bits per heavy atom. The van der Waals surface area contributed by atoms with E-state index in [1.165, 1.54) is 111 Å². The van der Waals surface area contributed by atoms with Crippen LogP contribution in [0.5, 0.6) is 0 Å². The highest BCUT2D eigenvalue weighted by molar-refractivity contribution is 6.14. The first kappa shape index (κ1) is 35.8. The smallest absolute Gasteiger partial charge is 0.0538 e. The van der Waals surface area contributed by atoms with Crippen LogP contribution in [0.15, 0.2) is 212 Å². The molecule has 3 nitrogen and oxygen atoms in total. The maximum absolute atomic E-state index is 2.53. The maximum Gasteiger partial charge on any atom is 0.0538 e. The number of hydrogen-bond acceptors (Lipinski definition) is 0. The number of allylic oxidation sites excluding steroid dienone is 5. The molecule has 0 aliphatic heterocycles. The van der Waals surface area contributed by atoms with Crippen LogP contribution < -0.4 is 0 Å². The molecule has 0 radical (unpaired) electrons. The summed E-state index contributed by atoms with van der Waals surface area (Å²) in [5, 5.41) is 6.42. The van der Waals surface area contributed by atoms with E-state index in [2.05, 4.69) is 232 Å². The molecule has 0 saturated carbocycles. The summed E-state index contributed by atoms with van der Waals surface area (Å²) in [6, 6.07) is 71.6. The molecule has 298 valence electrons. The maximum atomic E-state index is 2.53. The summed E-state index contributed by atoms with van der Waals surface area (Å²) >= 11 is 0. The van der Waals surface area contributed by atoms with Gasteiger partial charge in [-0.2, -0.15) is 0 Å². The molecule has 8 aromatic carbocycles. The van der Waals surface area contributed by atoms with Crippen molar-refractivity contribution in [3.8, 4) is 27.9 Å². The van der Waals surface area contributed by atoms with Crippen LogP contribution in [-0.2, 0) is 6.42 Å². The lowest BCUT2D eigenvalue weighted by Gasteiger charge is -2.21. The highest BCUT2D eigenvalue weighted by atomic mass is 15.0. The van der Waals surface area contributed by atoms with Crippen LogP contribution in [0.4, 0.5) is 0 Å². The van der Waals surface area contributed by atoms with Gasteiger partial charge in [0.1, 0.15) is 0 Å². The summed E-state index contributed by atoms with van der Waals surface area (Å²) in [7, 11) is 0. The van der Waals surface area contributed by atoms with Crippen molar-refractivity contribution in [2.24, 2.45) is 0 Å². The Labute approximate surface area is 366 Å². The molecule has 0 fully saturated rings. The van der Waals surface area contributed by atoms with Crippen molar-refractivity contribution >= 4 is 72.0 Å². The Hall–Kier alpha value is -7.88. The van der Waals surface area contributed by atoms with Gasteiger partial charge in [0.05, 0.1) is 27.6 Å². The number of para-hydroxylation sites is 3. The van der Waals surface area contributed by atoms with Gasteiger partial charge in [0.2, 0.25) is 0 Å². The minimum atomic E-state index is 0.352. The molecule has 2 aliphatic rings. The second-order valence-corrected chi connectivity index (χ2v) is 17.2. The summed E-state index contributed by atoms with van der Waals surface area (Å²) in [5.41, 5.74) is 19.1. The van der Waals surface area contributed by atoms with Gasteiger partial charge in [-0.05, 0) is 114 Å². The summed E-state index contributed by atoms with van der Waals surface area (Å²) in [5.74, 6) is 0.352. The molecule has 0 saturated heterocycles. The van der Waals surface area contributed by atoms with Gasteiger partial charge in [-0.15, -0.1) is 0 Å². The fourth-order valence-corrected chi connectivity index (χ4v) is 10.8. The Kier molecular flexibility index (Phi) is 8.17. The molecule has 3 aromatic heterocycles. The van der Waals surface area contributed by atoms with Gasteiger partial charge in [-0.25, -0.2) is 0 Å². The number of benzene rings is 8. The molecule has 1 unspecified atom stereocenters. The normalized spacial score (nSPS) is 15.1. The second-order valence-electron chi connectivity index (χ2n) is 17.2. The van der Waals surface area contributed by atoms with Crippen LogP contribution in [0, 0.1) is 0 Å². The van der Waals surface area contributed by atoms with Crippen molar-refractivity contribution in [1.29, 1.82) is 0 Å². The van der Waals surface area contributed by atoms with Crippen molar-refractivity contribution in [1.82, 2.24) is 13.7 Å². The van der Waals surface area contributed by atoms with Crippen LogP contribution in [-0.4, -0.2) is 13.7 Å². The average molecular weight is 806 g/mol. The number of fused-ring (bicyclic) bond motifs is 9. The molecule has 1 atom stereocenters. The van der Waals surface area contributed by atoms with Gasteiger partial charge in [-0.3, -0.25) is 0 Å². The highest BCUT2D eigenvalue weighted by Gasteiger charge is 2.25. The summed E-state index contributed by atoms with van der Waals surface area (Å²) in [4.78, 5) is 0. The van der Waals surface area contributed by atoms with Crippen LogP contribution >= 0.6 is 0 Å². The second kappa shape index (κ2) is 14.4. The Balaban J connectivity index is 0.913. The first-order valence-corrected chi connectivity index (χ1v) is 22.2. The molecule has 0 N–H and O–H groups in total. The molecule has 0 amide bonds. The van der Waals surface area contributed by atoms with Crippen molar-refractivity contribution in [2.75, 3.05) is 0 Å². The zero-order chi connectivity index (χ0) is 41.4. The van der Waals surface area contributed by atoms with Crippen LogP contribution in [0.25, 0.3) is 99.9 Å². The number of aromatic nitrogens is 3. The average Bonchev–Trinajstić information content (AvgIpc) is 3.99.